The van der Waals surface area contributed by atoms with Crippen LogP contribution in [0.5, 0.6) is 0 Å². The molecule has 1 unspecified atom stereocenters. The van der Waals surface area contributed by atoms with E-state index in [1.807, 2.05) is 26.0 Å². The zero-order chi connectivity index (χ0) is 13.3. The molecule has 0 radical (unpaired) electrons. The van der Waals surface area contributed by atoms with Crippen molar-refractivity contribution >= 4 is 11.6 Å². The van der Waals surface area contributed by atoms with E-state index in [0.717, 1.165) is 22.3 Å². The van der Waals surface area contributed by atoms with Crippen molar-refractivity contribution in [3.05, 3.63) is 69.5 Å². The number of nitrogens with two attached hydrogens (primary N) is 1. The molecule has 0 aliphatic carbocycles. The van der Waals surface area contributed by atoms with Crippen LogP contribution in [0.1, 0.15) is 28.3 Å². The van der Waals surface area contributed by atoms with Crippen molar-refractivity contribution < 1.29 is 4.39 Å². The maximum Gasteiger partial charge on any atom is 0.123 e. The van der Waals surface area contributed by atoms with Crippen molar-refractivity contribution in [2.45, 2.75) is 19.9 Å². The third-order valence-corrected chi connectivity index (χ3v) is 3.50. The number of rotatable bonds is 2. The van der Waals surface area contributed by atoms with Crippen LogP contribution in [0.15, 0.2) is 36.4 Å². The highest BCUT2D eigenvalue weighted by Gasteiger charge is 2.13. The molecule has 2 aromatic carbocycles. The number of halogens is 2. The molecule has 2 N–H and O–H groups in total. The van der Waals surface area contributed by atoms with Crippen LogP contribution >= 0.6 is 11.6 Å². The number of hydrogen-bond acceptors (Lipinski definition) is 1. The second-order valence-corrected chi connectivity index (χ2v) is 4.89. The minimum Gasteiger partial charge on any atom is -0.320 e. The van der Waals surface area contributed by atoms with Gasteiger partial charge >= 0.3 is 0 Å². The molecular formula is C15H15ClFN. The maximum absolute atomic E-state index is 12.9. The normalized spacial score (nSPS) is 12.5. The van der Waals surface area contributed by atoms with E-state index in [1.165, 1.54) is 12.1 Å². The van der Waals surface area contributed by atoms with Gasteiger partial charge in [-0.15, -0.1) is 0 Å². The SMILES string of the molecule is Cc1cc(Cl)c(C(N)c2ccc(F)cc2)cc1C. The fourth-order valence-electron chi connectivity index (χ4n) is 1.89. The zero-order valence-electron chi connectivity index (χ0n) is 10.4. The Hall–Kier alpha value is -1.38. The van der Waals surface area contributed by atoms with E-state index in [9.17, 15) is 4.39 Å². The molecule has 18 heavy (non-hydrogen) atoms. The topological polar surface area (TPSA) is 26.0 Å². The summed E-state index contributed by atoms with van der Waals surface area (Å²) in [4.78, 5) is 0. The summed E-state index contributed by atoms with van der Waals surface area (Å²) in [5.74, 6) is -0.267. The Kier molecular flexibility index (Phi) is 3.69. The summed E-state index contributed by atoms with van der Waals surface area (Å²) in [6, 6.07) is 9.75. The molecule has 0 amide bonds. The summed E-state index contributed by atoms with van der Waals surface area (Å²) < 4.78 is 12.9. The van der Waals surface area contributed by atoms with E-state index in [1.54, 1.807) is 12.1 Å². The van der Waals surface area contributed by atoms with E-state index in [-0.39, 0.29) is 11.9 Å². The standard InChI is InChI=1S/C15H15ClFN/c1-9-7-13(14(16)8-10(9)2)15(18)11-3-5-12(17)6-4-11/h3-8,15H,18H2,1-2H3. The first-order valence-corrected chi connectivity index (χ1v) is 6.14. The maximum atomic E-state index is 12.9. The monoisotopic (exact) mass is 263 g/mol. The Morgan fingerprint density at radius 2 is 1.61 bits per heavy atom. The molecule has 3 heteroatoms. The van der Waals surface area contributed by atoms with Gasteiger partial charge in [-0.25, -0.2) is 4.39 Å². The largest absolute Gasteiger partial charge is 0.320 e. The molecule has 0 saturated heterocycles. The second-order valence-electron chi connectivity index (χ2n) is 4.49. The van der Waals surface area contributed by atoms with Crippen LogP contribution in [0.2, 0.25) is 5.02 Å². The lowest BCUT2D eigenvalue weighted by atomic mass is 9.96. The van der Waals surface area contributed by atoms with Crippen molar-refractivity contribution in [3.63, 3.8) is 0 Å². The summed E-state index contributed by atoms with van der Waals surface area (Å²) in [5, 5.41) is 0.648. The van der Waals surface area contributed by atoms with Gasteiger partial charge < -0.3 is 5.73 Å². The van der Waals surface area contributed by atoms with Crippen molar-refractivity contribution in [2.75, 3.05) is 0 Å². The third kappa shape index (κ3) is 2.55. The predicted molar refractivity (Wildman–Crippen MR) is 73.4 cm³/mol. The van der Waals surface area contributed by atoms with Crippen LogP contribution in [-0.4, -0.2) is 0 Å². The number of benzene rings is 2. The molecule has 0 fully saturated rings. The molecule has 1 atom stereocenters. The summed E-state index contributed by atoms with van der Waals surface area (Å²) in [6.07, 6.45) is 0. The fourth-order valence-corrected chi connectivity index (χ4v) is 2.23. The minimum absolute atomic E-state index is 0.267. The molecule has 0 saturated carbocycles. The van der Waals surface area contributed by atoms with Crippen LogP contribution < -0.4 is 5.73 Å². The lowest BCUT2D eigenvalue weighted by Crippen LogP contribution is -2.13. The lowest BCUT2D eigenvalue weighted by Gasteiger charge is -2.16. The first kappa shape index (κ1) is 13.1. The molecule has 94 valence electrons. The van der Waals surface area contributed by atoms with Crippen molar-refractivity contribution in [1.82, 2.24) is 0 Å². The van der Waals surface area contributed by atoms with Gasteiger partial charge in [0.1, 0.15) is 5.82 Å². The highest BCUT2D eigenvalue weighted by molar-refractivity contribution is 6.31. The molecule has 0 aromatic heterocycles. The third-order valence-electron chi connectivity index (χ3n) is 3.18. The Balaban J connectivity index is 2.42. The summed E-state index contributed by atoms with van der Waals surface area (Å²) in [5.41, 5.74) is 10.2. The highest BCUT2D eigenvalue weighted by Crippen LogP contribution is 2.29. The van der Waals surface area contributed by atoms with Gasteiger partial charge in [0, 0.05) is 5.02 Å². The molecule has 0 bridgehead atoms. The van der Waals surface area contributed by atoms with Crippen LogP contribution in [0, 0.1) is 19.7 Å². The van der Waals surface area contributed by atoms with E-state index in [2.05, 4.69) is 0 Å². The molecule has 0 aliphatic rings. The lowest BCUT2D eigenvalue weighted by molar-refractivity contribution is 0.626. The Morgan fingerprint density at radius 1 is 1.06 bits per heavy atom. The van der Waals surface area contributed by atoms with Crippen LogP contribution in [0.3, 0.4) is 0 Å². The average Bonchev–Trinajstić information content (AvgIpc) is 2.34. The van der Waals surface area contributed by atoms with Crippen LogP contribution in [0.4, 0.5) is 4.39 Å². The zero-order valence-corrected chi connectivity index (χ0v) is 11.1. The van der Waals surface area contributed by atoms with Crippen molar-refractivity contribution in [1.29, 1.82) is 0 Å². The average molecular weight is 264 g/mol. The van der Waals surface area contributed by atoms with E-state index < -0.39 is 0 Å². The summed E-state index contributed by atoms with van der Waals surface area (Å²) >= 11 is 6.22. The van der Waals surface area contributed by atoms with Gasteiger partial charge in [-0.1, -0.05) is 29.8 Å². The van der Waals surface area contributed by atoms with Crippen LogP contribution in [0.25, 0.3) is 0 Å². The van der Waals surface area contributed by atoms with E-state index in [0.29, 0.717) is 5.02 Å². The van der Waals surface area contributed by atoms with Crippen molar-refractivity contribution in [3.8, 4) is 0 Å². The number of hydrogen-bond donors (Lipinski definition) is 1. The fraction of sp³-hybridized carbons (Fsp3) is 0.200. The Bertz CT molecular complexity index is 563. The van der Waals surface area contributed by atoms with Gasteiger partial charge in [-0.3, -0.25) is 0 Å². The minimum atomic E-state index is -0.336. The molecule has 0 spiro atoms. The number of aryl methyl sites for hydroxylation is 2. The quantitative estimate of drug-likeness (QED) is 0.866. The van der Waals surface area contributed by atoms with E-state index in [4.69, 9.17) is 17.3 Å². The van der Waals surface area contributed by atoms with Gasteiger partial charge in [-0.2, -0.15) is 0 Å². The Morgan fingerprint density at radius 3 is 2.22 bits per heavy atom. The predicted octanol–water partition coefficient (Wildman–Crippen LogP) is 4.14. The molecule has 0 aliphatic heterocycles. The first-order chi connectivity index (χ1) is 8.49. The smallest absolute Gasteiger partial charge is 0.123 e. The summed E-state index contributed by atoms with van der Waals surface area (Å²) in [6.45, 7) is 4.03. The highest BCUT2D eigenvalue weighted by atomic mass is 35.5. The molecular weight excluding hydrogens is 249 g/mol. The second kappa shape index (κ2) is 5.09. The van der Waals surface area contributed by atoms with E-state index >= 15 is 0 Å². The van der Waals surface area contributed by atoms with Crippen LogP contribution in [-0.2, 0) is 0 Å². The molecule has 0 heterocycles. The van der Waals surface area contributed by atoms with Gasteiger partial charge in [0.15, 0.2) is 0 Å². The molecule has 2 rings (SSSR count). The first-order valence-electron chi connectivity index (χ1n) is 5.76. The van der Waals surface area contributed by atoms with Gasteiger partial charge in [0.2, 0.25) is 0 Å². The summed E-state index contributed by atoms with van der Waals surface area (Å²) in [7, 11) is 0. The van der Waals surface area contributed by atoms with Gasteiger partial charge in [-0.05, 0) is 54.3 Å². The van der Waals surface area contributed by atoms with Gasteiger partial charge in [0.25, 0.3) is 0 Å². The Labute approximate surface area is 111 Å². The molecule has 2 aromatic rings. The molecule has 1 nitrogen and oxygen atoms in total. The van der Waals surface area contributed by atoms with Gasteiger partial charge in [0.05, 0.1) is 6.04 Å². The van der Waals surface area contributed by atoms with Crippen molar-refractivity contribution in [2.24, 2.45) is 5.73 Å².